The van der Waals surface area contributed by atoms with Gasteiger partial charge in [0.15, 0.2) is 0 Å². The van der Waals surface area contributed by atoms with Gasteiger partial charge in [-0.15, -0.1) is 0 Å². The van der Waals surface area contributed by atoms with Gasteiger partial charge in [-0.2, -0.15) is 0 Å². The molecule has 1 aliphatic heterocycles. The molecule has 0 saturated heterocycles. The first-order valence-electron chi connectivity index (χ1n) is 6.38. The van der Waals surface area contributed by atoms with Gasteiger partial charge in [0.05, 0.1) is 6.54 Å². The zero-order valence-corrected chi connectivity index (χ0v) is 11.9. The van der Waals surface area contributed by atoms with Gasteiger partial charge in [-0.3, -0.25) is 4.57 Å². The van der Waals surface area contributed by atoms with Crippen LogP contribution in [0.2, 0.25) is 0 Å². The van der Waals surface area contributed by atoms with E-state index in [2.05, 4.69) is 6.58 Å². The van der Waals surface area contributed by atoms with Gasteiger partial charge in [0, 0.05) is 19.3 Å². The molecule has 2 rings (SSSR count). The highest BCUT2D eigenvalue weighted by molar-refractivity contribution is 5.68. The van der Waals surface area contributed by atoms with Crippen molar-refractivity contribution in [1.82, 2.24) is 14.0 Å². The Labute approximate surface area is 116 Å². The fourth-order valence-electron chi connectivity index (χ4n) is 2.11. The Morgan fingerprint density at radius 2 is 2.05 bits per heavy atom. The zero-order chi connectivity index (χ0) is 15.1. The van der Waals surface area contributed by atoms with Gasteiger partial charge in [0.2, 0.25) is 5.88 Å². The summed E-state index contributed by atoms with van der Waals surface area (Å²) in [6.45, 7) is 9.67. The quantitative estimate of drug-likeness (QED) is 0.839. The molecule has 0 radical (unpaired) electrons. The molecule has 110 valence electrons. The lowest BCUT2D eigenvalue weighted by Gasteiger charge is -2.30. The number of hydrogen-bond acceptors (Lipinski definition) is 4. The largest absolute Gasteiger partial charge is 0.493 e. The minimum absolute atomic E-state index is 0.136. The third kappa shape index (κ3) is 2.43. The van der Waals surface area contributed by atoms with Crippen molar-refractivity contribution < 1.29 is 14.6 Å². The predicted octanol–water partition coefficient (Wildman–Crippen LogP) is 1.21. The van der Waals surface area contributed by atoms with E-state index >= 15 is 0 Å². The summed E-state index contributed by atoms with van der Waals surface area (Å²) in [5.41, 5.74) is -0.535. The molecule has 1 aliphatic rings. The topological polar surface area (TPSA) is 76.7 Å². The van der Waals surface area contributed by atoms with Crippen molar-refractivity contribution in [1.29, 1.82) is 0 Å². The summed E-state index contributed by atoms with van der Waals surface area (Å²) in [5.74, 6) is -0.182. The maximum atomic E-state index is 12.0. The Balaban J connectivity index is 2.26. The fraction of sp³-hybridized carbons (Fsp3) is 0.538. The van der Waals surface area contributed by atoms with E-state index in [0.717, 1.165) is 4.57 Å². The van der Waals surface area contributed by atoms with Crippen LogP contribution in [0.25, 0.3) is 6.20 Å². The van der Waals surface area contributed by atoms with Crippen LogP contribution in [0.3, 0.4) is 0 Å². The molecular formula is C13H19N3O4. The number of fused-ring (bicyclic) bond motifs is 1. The zero-order valence-electron chi connectivity index (χ0n) is 11.9. The Kier molecular flexibility index (Phi) is 3.37. The van der Waals surface area contributed by atoms with Gasteiger partial charge in [0.25, 0.3) is 0 Å². The van der Waals surface area contributed by atoms with Crippen LogP contribution in [0.4, 0.5) is 4.79 Å². The first-order valence-corrected chi connectivity index (χ1v) is 6.38. The maximum Gasteiger partial charge on any atom is 0.410 e. The monoisotopic (exact) mass is 281 g/mol. The van der Waals surface area contributed by atoms with Gasteiger partial charge in [-0.1, -0.05) is 6.58 Å². The molecule has 1 aromatic heterocycles. The smallest absolute Gasteiger partial charge is 0.410 e. The summed E-state index contributed by atoms with van der Waals surface area (Å²) in [6, 6.07) is 0. The fourth-order valence-corrected chi connectivity index (χ4v) is 2.11. The van der Waals surface area contributed by atoms with Crippen molar-refractivity contribution in [3.05, 3.63) is 22.8 Å². The lowest BCUT2D eigenvalue weighted by Crippen LogP contribution is -2.43. The number of amides is 1. The highest BCUT2D eigenvalue weighted by Gasteiger charge is 2.30. The number of carbonyl (C=O) groups is 1. The summed E-state index contributed by atoms with van der Waals surface area (Å²) in [5, 5.41) is 9.98. The molecule has 0 spiro atoms. The molecule has 1 amide bonds. The Hall–Kier alpha value is -2.18. The molecular weight excluding hydrogens is 262 g/mol. The van der Waals surface area contributed by atoms with E-state index in [1.165, 1.54) is 15.7 Å². The first-order chi connectivity index (χ1) is 9.24. The third-order valence-corrected chi connectivity index (χ3v) is 3.02. The van der Waals surface area contributed by atoms with E-state index in [1.54, 1.807) is 20.8 Å². The number of aromatic hydroxyl groups is 1. The van der Waals surface area contributed by atoms with E-state index < -0.39 is 11.7 Å². The Morgan fingerprint density at radius 1 is 1.40 bits per heavy atom. The normalized spacial score (nSPS) is 14.8. The number of ether oxygens (including phenoxy) is 1. The highest BCUT2D eigenvalue weighted by Crippen LogP contribution is 2.22. The molecule has 0 aromatic carbocycles. The van der Waals surface area contributed by atoms with E-state index in [0.29, 0.717) is 18.8 Å². The lowest BCUT2D eigenvalue weighted by atomic mass is 10.2. The Bertz CT molecular complexity index is 606. The van der Waals surface area contributed by atoms with E-state index in [-0.39, 0.29) is 18.1 Å². The second-order valence-corrected chi connectivity index (χ2v) is 5.66. The molecule has 1 aromatic rings. The lowest BCUT2D eigenvalue weighted by molar-refractivity contribution is 0.0196. The van der Waals surface area contributed by atoms with Gasteiger partial charge in [-0.25, -0.2) is 14.2 Å². The van der Waals surface area contributed by atoms with Gasteiger partial charge in [-0.05, 0) is 20.8 Å². The van der Waals surface area contributed by atoms with Crippen molar-refractivity contribution >= 4 is 12.3 Å². The second kappa shape index (κ2) is 4.73. The summed E-state index contributed by atoms with van der Waals surface area (Å²) < 4.78 is 7.79. The van der Waals surface area contributed by atoms with Gasteiger partial charge < -0.3 is 14.7 Å². The number of hydrogen-bond donors (Lipinski definition) is 1. The van der Waals surface area contributed by atoms with Crippen LogP contribution in [0.1, 0.15) is 26.5 Å². The number of imidazole rings is 1. The van der Waals surface area contributed by atoms with Crippen LogP contribution >= 0.6 is 0 Å². The molecule has 0 aliphatic carbocycles. The molecule has 1 N–H and O–H groups in total. The second-order valence-electron chi connectivity index (χ2n) is 5.66. The standard InChI is InChI=1S/C13H19N3O4/c1-5-15-10(17)9-8-14(6-7-16(9)11(15)18)12(19)20-13(2,3)4/h5,17H,1,6-8H2,2-4H3. The van der Waals surface area contributed by atoms with E-state index in [1.807, 2.05) is 0 Å². The van der Waals surface area contributed by atoms with Crippen molar-refractivity contribution in [2.24, 2.45) is 0 Å². The minimum atomic E-state index is -0.580. The summed E-state index contributed by atoms with van der Waals surface area (Å²) in [7, 11) is 0. The SMILES string of the molecule is C=Cn1c(O)c2n(c1=O)CCN(C(=O)OC(C)(C)C)C2. The van der Waals surface area contributed by atoms with Crippen molar-refractivity contribution in [3.63, 3.8) is 0 Å². The van der Waals surface area contributed by atoms with Crippen LogP contribution < -0.4 is 5.69 Å². The molecule has 0 unspecified atom stereocenters. The van der Waals surface area contributed by atoms with E-state index in [4.69, 9.17) is 4.74 Å². The molecule has 2 heterocycles. The van der Waals surface area contributed by atoms with Crippen LogP contribution in [-0.2, 0) is 17.8 Å². The molecule has 0 atom stereocenters. The third-order valence-electron chi connectivity index (χ3n) is 3.02. The van der Waals surface area contributed by atoms with E-state index in [9.17, 15) is 14.7 Å². The maximum absolute atomic E-state index is 12.0. The molecule has 20 heavy (non-hydrogen) atoms. The van der Waals surface area contributed by atoms with Crippen LogP contribution in [0.5, 0.6) is 5.88 Å². The number of aromatic nitrogens is 2. The molecule has 0 bridgehead atoms. The van der Waals surface area contributed by atoms with Crippen LogP contribution in [-0.4, -0.2) is 37.4 Å². The number of nitrogens with zero attached hydrogens (tertiary/aromatic N) is 3. The van der Waals surface area contributed by atoms with Gasteiger partial charge in [0.1, 0.15) is 11.3 Å². The summed E-state index contributed by atoms with van der Waals surface area (Å²) in [4.78, 5) is 25.4. The van der Waals surface area contributed by atoms with Crippen molar-refractivity contribution in [2.45, 2.75) is 39.5 Å². The van der Waals surface area contributed by atoms with Crippen molar-refractivity contribution in [2.75, 3.05) is 6.54 Å². The molecule has 0 saturated carbocycles. The van der Waals surface area contributed by atoms with Crippen molar-refractivity contribution in [3.8, 4) is 5.88 Å². The molecule has 7 nitrogen and oxygen atoms in total. The number of rotatable bonds is 1. The molecule has 0 fully saturated rings. The minimum Gasteiger partial charge on any atom is -0.493 e. The number of carbonyl (C=O) groups excluding carboxylic acids is 1. The highest BCUT2D eigenvalue weighted by atomic mass is 16.6. The summed E-state index contributed by atoms with van der Waals surface area (Å²) >= 11 is 0. The van der Waals surface area contributed by atoms with Crippen LogP contribution in [0, 0.1) is 0 Å². The predicted molar refractivity (Wildman–Crippen MR) is 73.4 cm³/mol. The van der Waals surface area contributed by atoms with Crippen LogP contribution in [0.15, 0.2) is 11.4 Å². The van der Waals surface area contributed by atoms with Gasteiger partial charge >= 0.3 is 11.8 Å². The average molecular weight is 281 g/mol. The Morgan fingerprint density at radius 3 is 2.60 bits per heavy atom. The first kappa shape index (κ1) is 14.2. The summed E-state index contributed by atoms with van der Waals surface area (Å²) in [6.07, 6.45) is 0.794. The average Bonchev–Trinajstić information content (AvgIpc) is 2.59. The molecule has 7 heteroatoms.